The minimum absolute atomic E-state index is 1.36. The molecule has 0 radical (unpaired) electrons. The van der Waals surface area contributed by atoms with Crippen molar-refractivity contribution < 1.29 is 3.63 Å². The number of rotatable bonds is 2. The smallest absolute Gasteiger partial charge is 0.00948 e. The van der Waals surface area contributed by atoms with E-state index < -0.39 is 0 Å². The summed E-state index contributed by atoms with van der Waals surface area (Å²) in [6.07, 6.45) is 3.77. The lowest BCUT2D eigenvalue weighted by Crippen LogP contribution is -1.51. The summed E-state index contributed by atoms with van der Waals surface area (Å²) in [5.41, 5.74) is 0. The number of hydrogen-bond donors (Lipinski definition) is 0. The van der Waals surface area contributed by atoms with Gasteiger partial charge >= 0.3 is 0 Å². The first kappa shape index (κ1) is 5.66. The Morgan fingerprint density at radius 1 is 1.20 bits per heavy atom. The van der Waals surface area contributed by atoms with Gasteiger partial charge in [-0.15, -0.1) is 0 Å². The van der Waals surface area contributed by atoms with E-state index in [0.29, 0.717) is 0 Å². The molecule has 0 fully saturated rings. The van der Waals surface area contributed by atoms with Crippen LogP contribution in [0.1, 0.15) is 0 Å². The lowest BCUT2D eigenvalue weighted by atomic mass is 12.0. The number of hydrogen-bond acceptors (Lipinski definition) is 3. The highest BCUT2D eigenvalue weighted by molar-refractivity contribution is 8.07. The molecule has 1 nitrogen and oxygen atoms in total. The molecule has 0 aliphatic rings. The molecular weight excluding hydrogens is 104 g/mol. The molecule has 32 valence electrons. The fraction of sp³-hybridized carbons (Fsp3) is 1.00. The summed E-state index contributed by atoms with van der Waals surface area (Å²) in [6, 6.07) is 0. The van der Waals surface area contributed by atoms with Crippen LogP contribution in [0.4, 0.5) is 0 Å². The van der Waals surface area contributed by atoms with Crippen molar-refractivity contribution in [3.8, 4) is 0 Å². The highest BCUT2D eigenvalue weighted by Crippen LogP contribution is 2.04. The van der Waals surface area contributed by atoms with Crippen molar-refractivity contribution in [3.05, 3.63) is 0 Å². The summed E-state index contributed by atoms with van der Waals surface area (Å²) in [7, 11) is 0. The van der Waals surface area contributed by atoms with Gasteiger partial charge in [0.1, 0.15) is 0 Å². The van der Waals surface area contributed by atoms with E-state index in [2.05, 4.69) is 3.63 Å². The molecule has 0 N–H and O–H groups in total. The van der Waals surface area contributed by atoms with Crippen molar-refractivity contribution in [2.24, 2.45) is 0 Å². The second-order valence-corrected chi connectivity index (χ2v) is 1.61. The average Bonchev–Trinajstić information content (AvgIpc) is 1.41. The molecule has 0 aliphatic carbocycles. The molecule has 5 heavy (non-hydrogen) atoms. The zero-order valence-corrected chi connectivity index (χ0v) is 4.86. The van der Waals surface area contributed by atoms with Crippen LogP contribution in [0.3, 0.4) is 0 Å². The van der Waals surface area contributed by atoms with Gasteiger partial charge in [-0.2, -0.15) is 0 Å². The fourth-order valence-corrected chi connectivity index (χ4v) is 0.612. The summed E-state index contributed by atoms with van der Waals surface area (Å²) in [5, 5.41) is 0. The van der Waals surface area contributed by atoms with Gasteiger partial charge in [-0.25, -0.2) is 3.63 Å². The predicted octanol–water partition coefficient (Wildman–Crippen LogP) is 1.56. The molecular formula is C2H6OS2. The Balaban J connectivity index is 2.19. The lowest BCUT2D eigenvalue weighted by molar-refractivity contribution is 0.769. The molecule has 0 saturated carbocycles. The molecule has 0 aliphatic heterocycles. The van der Waals surface area contributed by atoms with Gasteiger partial charge in [-0.05, 0) is 0 Å². The summed E-state index contributed by atoms with van der Waals surface area (Å²) < 4.78 is 4.67. The van der Waals surface area contributed by atoms with Gasteiger partial charge in [0.15, 0.2) is 0 Å². The Labute approximate surface area is 40.9 Å². The van der Waals surface area contributed by atoms with Crippen LogP contribution in [-0.4, -0.2) is 12.5 Å². The van der Waals surface area contributed by atoms with Crippen LogP contribution >= 0.6 is 24.1 Å². The van der Waals surface area contributed by atoms with Crippen LogP contribution in [0.25, 0.3) is 0 Å². The second-order valence-electron chi connectivity index (χ2n) is 0.401. The van der Waals surface area contributed by atoms with E-state index in [9.17, 15) is 0 Å². The fourth-order valence-electron chi connectivity index (χ4n) is 0.0680. The average molecular weight is 110 g/mol. The van der Waals surface area contributed by atoms with E-state index >= 15 is 0 Å². The van der Waals surface area contributed by atoms with Gasteiger partial charge in [0.05, 0.1) is 0 Å². The molecule has 0 atom stereocenters. The maximum absolute atomic E-state index is 4.67. The molecule has 0 unspecified atom stereocenters. The van der Waals surface area contributed by atoms with Crippen LogP contribution in [0, 0.1) is 0 Å². The van der Waals surface area contributed by atoms with E-state index in [1.807, 2.05) is 12.5 Å². The van der Waals surface area contributed by atoms with E-state index in [-0.39, 0.29) is 0 Å². The van der Waals surface area contributed by atoms with Crippen molar-refractivity contribution in [2.45, 2.75) is 0 Å². The maximum Gasteiger partial charge on any atom is 0.00948 e. The summed E-state index contributed by atoms with van der Waals surface area (Å²) in [6.45, 7) is 0. The van der Waals surface area contributed by atoms with Crippen molar-refractivity contribution in [2.75, 3.05) is 12.5 Å². The first-order valence-corrected chi connectivity index (χ1v) is 3.45. The Kier molecular flexibility index (Phi) is 5.28. The molecule has 0 aromatic heterocycles. The Morgan fingerprint density at radius 2 is 1.60 bits per heavy atom. The van der Waals surface area contributed by atoms with Crippen LogP contribution in [0.15, 0.2) is 0 Å². The van der Waals surface area contributed by atoms with E-state index in [0.717, 1.165) is 0 Å². The molecule has 0 spiro atoms. The van der Waals surface area contributed by atoms with Crippen LogP contribution < -0.4 is 0 Å². The van der Waals surface area contributed by atoms with Gasteiger partial charge in [0.25, 0.3) is 0 Å². The zero-order chi connectivity index (χ0) is 4.12. The van der Waals surface area contributed by atoms with E-state index in [1.165, 1.54) is 24.1 Å². The molecule has 0 aromatic rings. The topological polar surface area (TPSA) is 9.23 Å². The van der Waals surface area contributed by atoms with E-state index in [1.54, 1.807) is 0 Å². The molecule has 0 saturated heterocycles. The predicted molar refractivity (Wildman–Crippen MR) is 28.1 cm³/mol. The molecule has 0 bridgehead atoms. The molecule has 0 amide bonds. The largest absolute Gasteiger partial charge is 0.248 e. The second kappa shape index (κ2) is 4.66. The third-order valence-corrected chi connectivity index (χ3v) is 1.22. The van der Waals surface area contributed by atoms with Crippen LogP contribution in [0.5, 0.6) is 0 Å². The van der Waals surface area contributed by atoms with Crippen molar-refractivity contribution in [1.82, 2.24) is 0 Å². The van der Waals surface area contributed by atoms with Gasteiger partial charge in [-0.3, -0.25) is 0 Å². The molecule has 0 aromatic carbocycles. The zero-order valence-electron chi connectivity index (χ0n) is 3.22. The van der Waals surface area contributed by atoms with Crippen molar-refractivity contribution >= 4 is 24.1 Å². The quantitative estimate of drug-likeness (QED) is 0.499. The third-order valence-electron chi connectivity index (χ3n) is 0.136. The van der Waals surface area contributed by atoms with Crippen molar-refractivity contribution in [3.63, 3.8) is 0 Å². The van der Waals surface area contributed by atoms with Gasteiger partial charge in [0.2, 0.25) is 0 Å². The summed E-state index contributed by atoms with van der Waals surface area (Å²) in [4.78, 5) is 0. The molecule has 3 heteroatoms. The standard InChI is InChI=1S/C2H6OS2/c1-4-3-5-2/h1-2H3. The lowest BCUT2D eigenvalue weighted by Gasteiger charge is -1.82. The van der Waals surface area contributed by atoms with Gasteiger partial charge < -0.3 is 0 Å². The minimum Gasteiger partial charge on any atom is -0.248 e. The third kappa shape index (κ3) is 4.66. The first-order valence-electron chi connectivity index (χ1n) is 1.15. The minimum atomic E-state index is 1.36. The van der Waals surface area contributed by atoms with E-state index in [4.69, 9.17) is 0 Å². The molecule has 0 rings (SSSR count). The maximum atomic E-state index is 4.67. The molecule has 0 heterocycles. The van der Waals surface area contributed by atoms with Crippen LogP contribution in [-0.2, 0) is 3.63 Å². The highest BCUT2D eigenvalue weighted by Gasteiger charge is 1.66. The monoisotopic (exact) mass is 110 g/mol. The normalized spacial score (nSPS) is 8.40. The summed E-state index contributed by atoms with van der Waals surface area (Å²) >= 11 is 2.73. The summed E-state index contributed by atoms with van der Waals surface area (Å²) in [5.74, 6) is 0. The highest BCUT2D eigenvalue weighted by atomic mass is 32.2. The van der Waals surface area contributed by atoms with Crippen molar-refractivity contribution in [1.29, 1.82) is 0 Å². The van der Waals surface area contributed by atoms with Crippen LogP contribution in [0.2, 0.25) is 0 Å². The Bertz CT molecular complexity index is 15.1. The van der Waals surface area contributed by atoms with Gasteiger partial charge in [-0.1, -0.05) is 0 Å². The Hall–Kier alpha value is 0.660. The van der Waals surface area contributed by atoms with Gasteiger partial charge in [0, 0.05) is 36.6 Å². The first-order chi connectivity index (χ1) is 2.41. The SMILES string of the molecule is CSOSC. The Morgan fingerprint density at radius 3 is 1.60 bits per heavy atom.